The van der Waals surface area contributed by atoms with Gasteiger partial charge in [-0.05, 0) is 54.8 Å². The number of anilines is 1. The van der Waals surface area contributed by atoms with Gasteiger partial charge in [0.1, 0.15) is 0 Å². The van der Waals surface area contributed by atoms with E-state index in [1.54, 1.807) is 37.3 Å². The Kier molecular flexibility index (Phi) is 7.02. The van der Waals surface area contributed by atoms with E-state index in [9.17, 15) is 18.4 Å². The van der Waals surface area contributed by atoms with Crippen molar-refractivity contribution in [2.75, 3.05) is 11.9 Å². The summed E-state index contributed by atoms with van der Waals surface area (Å²) < 4.78 is 30.8. The second-order valence-corrected chi connectivity index (χ2v) is 5.50. The minimum Gasteiger partial charge on any atom is -0.463 e. The number of hydrogen-bond acceptors (Lipinski definition) is 3. The summed E-state index contributed by atoms with van der Waals surface area (Å²) in [6, 6.07) is 10.5. The minimum absolute atomic E-state index is 0.148. The molecule has 0 fully saturated rings. The molecule has 26 heavy (non-hydrogen) atoms. The van der Waals surface area contributed by atoms with Gasteiger partial charge in [-0.15, -0.1) is 0 Å². The third-order valence-corrected chi connectivity index (χ3v) is 3.52. The topological polar surface area (TPSA) is 55.4 Å². The fourth-order valence-corrected chi connectivity index (χ4v) is 2.21. The molecule has 1 N–H and O–H groups in total. The summed E-state index contributed by atoms with van der Waals surface area (Å²) in [5, 5.41) is 2.73. The Hall–Kier alpha value is -3.02. The van der Waals surface area contributed by atoms with Crippen LogP contribution in [0.4, 0.5) is 14.5 Å². The number of benzene rings is 2. The van der Waals surface area contributed by atoms with Gasteiger partial charge in [-0.25, -0.2) is 13.6 Å². The second-order valence-electron chi connectivity index (χ2n) is 5.50. The van der Waals surface area contributed by atoms with E-state index < -0.39 is 17.6 Å². The lowest BCUT2D eigenvalue weighted by Crippen LogP contribution is -2.12. The van der Waals surface area contributed by atoms with Crippen LogP contribution >= 0.6 is 0 Å². The monoisotopic (exact) mass is 359 g/mol. The van der Waals surface area contributed by atoms with E-state index >= 15 is 0 Å². The third kappa shape index (κ3) is 6.12. The van der Waals surface area contributed by atoms with E-state index in [2.05, 4.69) is 5.32 Å². The summed E-state index contributed by atoms with van der Waals surface area (Å²) in [4.78, 5) is 23.2. The Morgan fingerprint density at radius 1 is 1.08 bits per heavy atom. The predicted octanol–water partition coefficient (Wildman–Crippen LogP) is 4.11. The van der Waals surface area contributed by atoms with Gasteiger partial charge in [0, 0.05) is 18.2 Å². The van der Waals surface area contributed by atoms with E-state index in [-0.39, 0.29) is 12.3 Å². The quantitative estimate of drug-likeness (QED) is 0.598. The first-order valence-electron chi connectivity index (χ1n) is 8.16. The summed E-state index contributed by atoms with van der Waals surface area (Å²) in [6.45, 7) is 2.05. The Morgan fingerprint density at radius 3 is 2.46 bits per heavy atom. The highest BCUT2D eigenvalue weighted by Crippen LogP contribution is 2.13. The van der Waals surface area contributed by atoms with Gasteiger partial charge >= 0.3 is 5.97 Å². The zero-order valence-electron chi connectivity index (χ0n) is 14.3. The molecule has 2 rings (SSSR count). The Labute approximate surface area is 150 Å². The van der Waals surface area contributed by atoms with Gasteiger partial charge in [0.05, 0.1) is 6.61 Å². The van der Waals surface area contributed by atoms with Crippen molar-refractivity contribution in [3.63, 3.8) is 0 Å². The van der Waals surface area contributed by atoms with Gasteiger partial charge in [0.25, 0.3) is 0 Å². The van der Waals surface area contributed by atoms with E-state index in [0.29, 0.717) is 24.3 Å². The number of carbonyl (C=O) groups is 2. The maximum Gasteiger partial charge on any atom is 0.330 e. The molecule has 0 aliphatic heterocycles. The van der Waals surface area contributed by atoms with Crippen LogP contribution < -0.4 is 5.32 Å². The van der Waals surface area contributed by atoms with Crippen LogP contribution in [0.2, 0.25) is 0 Å². The number of esters is 1. The second kappa shape index (κ2) is 9.46. The molecule has 0 aliphatic carbocycles. The summed E-state index contributed by atoms with van der Waals surface area (Å²) >= 11 is 0. The fraction of sp³-hybridized carbons (Fsp3) is 0.200. The van der Waals surface area contributed by atoms with Crippen LogP contribution in [-0.2, 0) is 20.7 Å². The maximum absolute atomic E-state index is 13.1. The number of carbonyl (C=O) groups excluding carboxylic acids is 2. The molecular weight excluding hydrogens is 340 g/mol. The first-order chi connectivity index (χ1) is 12.5. The molecule has 6 heteroatoms. The van der Waals surface area contributed by atoms with Gasteiger partial charge < -0.3 is 10.1 Å². The molecule has 136 valence electrons. The van der Waals surface area contributed by atoms with Crippen LogP contribution in [0.5, 0.6) is 0 Å². The molecule has 0 atom stereocenters. The molecule has 0 bridgehead atoms. The van der Waals surface area contributed by atoms with Gasteiger partial charge in [0.15, 0.2) is 11.6 Å². The first kappa shape index (κ1) is 19.3. The highest BCUT2D eigenvalue weighted by Gasteiger charge is 2.06. The molecule has 0 spiro atoms. The first-order valence-corrected chi connectivity index (χ1v) is 8.16. The molecule has 0 aliphatic rings. The van der Waals surface area contributed by atoms with Crippen LogP contribution in [0.3, 0.4) is 0 Å². The van der Waals surface area contributed by atoms with Crippen molar-refractivity contribution in [3.8, 4) is 0 Å². The number of aryl methyl sites for hydroxylation is 1. The van der Waals surface area contributed by atoms with E-state index in [1.165, 1.54) is 12.1 Å². The van der Waals surface area contributed by atoms with Crippen molar-refractivity contribution < 1.29 is 23.1 Å². The SMILES string of the molecule is CCOC(=O)/C=C/c1ccc(NC(=O)CCc2ccc(F)c(F)c2)cc1. The minimum atomic E-state index is -0.922. The zero-order valence-corrected chi connectivity index (χ0v) is 14.3. The summed E-state index contributed by atoms with van der Waals surface area (Å²) in [6.07, 6.45) is 3.41. The summed E-state index contributed by atoms with van der Waals surface area (Å²) in [7, 11) is 0. The van der Waals surface area contributed by atoms with Crippen LogP contribution in [0, 0.1) is 11.6 Å². The van der Waals surface area contributed by atoms with Crippen LogP contribution in [0.1, 0.15) is 24.5 Å². The molecule has 0 saturated heterocycles. The van der Waals surface area contributed by atoms with Gasteiger partial charge in [0.2, 0.25) is 5.91 Å². The summed E-state index contributed by atoms with van der Waals surface area (Å²) in [5.41, 5.74) is 1.95. The van der Waals surface area contributed by atoms with Gasteiger partial charge in [-0.3, -0.25) is 4.79 Å². The lowest BCUT2D eigenvalue weighted by atomic mass is 10.1. The van der Waals surface area contributed by atoms with Crippen molar-refractivity contribution in [2.24, 2.45) is 0 Å². The molecule has 2 aromatic carbocycles. The highest BCUT2D eigenvalue weighted by atomic mass is 19.2. The molecular formula is C20H19F2NO3. The Balaban J connectivity index is 1.85. The maximum atomic E-state index is 13.1. The van der Waals surface area contributed by atoms with Crippen molar-refractivity contribution in [2.45, 2.75) is 19.8 Å². The zero-order chi connectivity index (χ0) is 18.9. The highest BCUT2D eigenvalue weighted by molar-refractivity contribution is 5.91. The molecule has 0 aromatic heterocycles. The van der Waals surface area contributed by atoms with Crippen molar-refractivity contribution in [1.29, 1.82) is 0 Å². The number of rotatable bonds is 7. The van der Waals surface area contributed by atoms with Crippen LogP contribution in [-0.4, -0.2) is 18.5 Å². The lowest BCUT2D eigenvalue weighted by Gasteiger charge is -2.06. The van der Waals surface area contributed by atoms with E-state index in [1.807, 2.05) is 0 Å². The standard InChI is InChI=1S/C20H19F2NO3/c1-2-26-20(25)12-7-14-3-8-16(9-4-14)23-19(24)11-6-15-5-10-17(21)18(22)13-15/h3-5,7-10,12-13H,2,6,11H2,1H3,(H,23,24)/b12-7+. The number of nitrogens with one attached hydrogen (secondary N) is 1. The average Bonchev–Trinajstić information content (AvgIpc) is 2.62. The summed E-state index contributed by atoms with van der Waals surface area (Å²) in [5.74, 6) is -2.48. The smallest absolute Gasteiger partial charge is 0.330 e. The Bertz CT molecular complexity index is 801. The van der Waals surface area contributed by atoms with Gasteiger partial charge in [-0.2, -0.15) is 0 Å². The van der Waals surface area contributed by atoms with E-state index in [0.717, 1.165) is 17.7 Å². The molecule has 0 unspecified atom stereocenters. The number of hydrogen-bond donors (Lipinski definition) is 1. The fourth-order valence-electron chi connectivity index (χ4n) is 2.21. The van der Waals surface area contributed by atoms with Crippen molar-refractivity contribution in [3.05, 3.63) is 71.3 Å². The number of amides is 1. The average molecular weight is 359 g/mol. The molecule has 1 amide bonds. The third-order valence-electron chi connectivity index (χ3n) is 3.52. The van der Waals surface area contributed by atoms with Crippen LogP contribution in [0.25, 0.3) is 6.08 Å². The molecule has 0 saturated carbocycles. The normalized spacial score (nSPS) is 10.7. The predicted molar refractivity (Wildman–Crippen MR) is 95.4 cm³/mol. The number of ether oxygens (including phenoxy) is 1. The molecule has 4 nitrogen and oxygen atoms in total. The molecule has 0 heterocycles. The van der Waals surface area contributed by atoms with Crippen LogP contribution in [0.15, 0.2) is 48.5 Å². The largest absolute Gasteiger partial charge is 0.463 e. The lowest BCUT2D eigenvalue weighted by molar-refractivity contribution is -0.137. The van der Waals surface area contributed by atoms with Crippen molar-refractivity contribution >= 4 is 23.6 Å². The molecule has 2 aromatic rings. The number of halogens is 2. The van der Waals surface area contributed by atoms with Crippen molar-refractivity contribution in [1.82, 2.24) is 0 Å². The Morgan fingerprint density at radius 2 is 1.81 bits per heavy atom. The molecule has 0 radical (unpaired) electrons. The van der Waals surface area contributed by atoms with Gasteiger partial charge in [-0.1, -0.05) is 18.2 Å². The van der Waals surface area contributed by atoms with E-state index in [4.69, 9.17) is 4.74 Å².